The Kier molecular flexibility index (Phi) is 7.17. The summed E-state index contributed by atoms with van der Waals surface area (Å²) in [6, 6.07) is 16.7. The highest BCUT2D eigenvalue weighted by Gasteiger charge is 2.20. The van der Waals surface area contributed by atoms with Crippen LogP contribution in [-0.2, 0) is 13.2 Å². The van der Waals surface area contributed by atoms with Gasteiger partial charge in [0.05, 0.1) is 23.7 Å². The van der Waals surface area contributed by atoms with Crippen molar-refractivity contribution in [3.63, 3.8) is 0 Å². The molecule has 0 aliphatic carbocycles. The van der Waals surface area contributed by atoms with E-state index in [1.54, 1.807) is 12.1 Å². The van der Waals surface area contributed by atoms with Gasteiger partial charge in [0.15, 0.2) is 0 Å². The van der Waals surface area contributed by atoms with E-state index in [4.69, 9.17) is 33.7 Å². The predicted molar refractivity (Wildman–Crippen MR) is 119 cm³/mol. The number of rotatable bonds is 7. The van der Waals surface area contributed by atoms with E-state index in [-0.39, 0.29) is 47.4 Å². The maximum absolute atomic E-state index is 9.75. The van der Waals surface area contributed by atoms with E-state index in [9.17, 15) is 15.6 Å². The number of hydrogen-bond acceptors (Lipinski definition) is 6. The molecule has 0 aliphatic heterocycles. The molecule has 0 atom stereocenters. The third-order valence-electron chi connectivity index (χ3n) is 4.35. The lowest BCUT2D eigenvalue weighted by Crippen LogP contribution is -2.07. The number of nitrogens with two attached hydrogens (primary N) is 1. The van der Waals surface area contributed by atoms with Gasteiger partial charge < -0.3 is 15.6 Å². The smallest absolute Gasteiger partial charge is 0.145 e. The van der Waals surface area contributed by atoms with Gasteiger partial charge in [-0.15, -0.1) is 0 Å². The first kappa shape index (κ1) is 22.2. The number of nitrogen functional groups attached to an aromatic ring is 1. The lowest BCUT2D eigenvalue weighted by atomic mass is 10.1. The molecule has 3 aromatic rings. The Balaban J connectivity index is 2.06. The summed E-state index contributed by atoms with van der Waals surface area (Å²) >= 11 is 12.5. The molecule has 3 rings (SSSR count). The summed E-state index contributed by atoms with van der Waals surface area (Å²) in [6.07, 6.45) is 1.49. The van der Waals surface area contributed by atoms with Crippen LogP contribution in [0.1, 0.15) is 22.4 Å². The molecular weight excluding hydrogens is 437 g/mol. The number of aromatic nitrogens is 2. The number of hydrogen-bond donors (Lipinski definition) is 2. The minimum absolute atomic E-state index is 0.0427. The molecular formula is C22H17Cl2N5O2. The van der Waals surface area contributed by atoms with Crippen LogP contribution in [-0.4, -0.2) is 21.5 Å². The van der Waals surface area contributed by atoms with Crippen LogP contribution in [0.4, 0.5) is 5.82 Å². The van der Waals surface area contributed by atoms with Gasteiger partial charge in [-0.2, -0.15) is 15.6 Å². The molecule has 0 radical (unpaired) electrons. The number of halogens is 2. The molecule has 1 heterocycles. The van der Waals surface area contributed by atoms with Crippen molar-refractivity contribution in [3.05, 3.63) is 74.9 Å². The number of ether oxygens (including phenoxy) is 1. The van der Waals surface area contributed by atoms with Crippen molar-refractivity contribution < 1.29 is 9.84 Å². The summed E-state index contributed by atoms with van der Waals surface area (Å²) in [4.78, 5) is 0. The molecule has 156 valence electrons. The highest BCUT2D eigenvalue weighted by Crippen LogP contribution is 2.36. The molecule has 0 unspecified atom stereocenters. The van der Waals surface area contributed by atoms with Crippen LogP contribution in [0.2, 0.25) is 10.0 Å². The second-order valence-electron chi connectivity index (χ2n) is 6.42. The Labute approximate surface area is 189 Å². The predicted octanol–water partition coefficient (Wildman–Crippen LogP) is 4.28. The molecule has 2 aromatic carbocycles. The Hall–Kier alpha value is -3.49. The largest absolute Gasteiger partial charge is 0.487 e. The third kappa shape index (κ3) is 4.99. The van der Waals surface area contributed by atoms with E-state index in [0.29, 0.717) is 16.3 Å². The highest BCUT2D eigenvalue weighted by atomic mass is 35.5. The molecule has 0 bridgehead atoms. The van der Waals surface area contributed by atoms with E-state index in [1.807, 2.05) is 42.5 Å². The molecule has 31 heavy (non-hydrogen) atoms. The van der Waals surface area contributed by atoms with Crippen molar-refractivity contribution in [2.24, 2.45) is 0 Å². The van der Waals surface area contributed by atoms with Crippen molar-refractivity contribution >= 4 is 40.7 Å². The van der Waals surface area contributed by atoms with Gasteiger partial charge in [-0.25, -0.2) is 4.68 Å². The first-order valence-corrected chi connectivity index (χ1v) is 9.89. The molecule has 0 amide bonds. The maximum Gasteiger partial charge on any atom is 0.145 e. The van der Waals surface area contributed by atoms with Crippen molar-refractivity contribution in [2.75, 3.05) is 12.3 Å². The zero-order valence-corrected chi connectivity index (χ0v) is 17.7. The van der Waals surface area contributed by atoms with Crippen LogP contribution in [0.3, 0.4) is 0 Å². The van der Waals surface area contributed by atoms with E-state index in [2.05, 4.69) is 5.10 Å². The Morgan fingerprint density at radius 2 is 1.97 bits per heavy atom. The number of benzene rings is 2. The van der Waals surface area contributed by atoms with Gasteiger partial charge in [-0.1, -0.05) is 53.5 Å². The average molecular weight is 454 g/mol. The van der Waals surface area contributed by atoms with Gasteiger partial charge in [0.1, 0.15) is 41.6 Å². The van der Waals surface area contributed by atoms with Gasteiger partial charge in [0.25, 0.3) is 0 Å². The number of nitriles is 2. The fourth-order valence-corrected chi connectivity index (χ4v) is 3.48. The monoisotopic (exact) mass is 453 g/mol. The van der Waals surface area contributed by atoms with Crippen molar-refractivity contribution in [2.45, 2.75) is 13.2 Å². The Morgan fingerprint density at radius 3 is 2.61 bits per heavy atom. The Morgan fingerprint density at radius 1 is 1.23 bits per heavy atom. The molecule has 9 heteroatoms. The fourth-order valence-electron chi connectivity index (χ4n) is 2.92. The maximum atomic E-state index is 9.75. The number of allylic oxidation sites excluding steroid dienone is 1. The summed E-state index contributed by atoms with van der Waals surface area (Å²) in [5.41, 5.74) is 7.54. The van der Waals surface area contributed by atoms with E-state index >= 15 is 0 Å². The molecule has 3 N–H and O–H groups in total. The molecule has 0 fully saturated rings. The van der Waals surface area contributed by atoms with Crippen LogP contribution < -0.4 is 10.5 Å². The molecule has 0 spiro atoms. The second kappa shape index (κ2) is 10.0. The summed E-state index contributed by atoms with van der Waals surface area (Å²) in [7, 11) is 0. The summed E-state index contributed by atoms with van der Waals surface area (Å²) < 4.78 is 7.20. The number of aliphatic hydroxyl groups excluding tert-OH is 1. The van der Waals surface area contributed by atoms with Gasteiger partial charge in [0.2, 0.25) is 0 Å². The van der Waals surface area contributed by atoms with Crippen LogP contribution in [0.25, 0.3) is 11.6 Å². The van der Waals surface area contributed by atoms with Crippen molar-refractivity contribution in [3.8, 4) is 17.9 Å². The van der Waals surface area contributed by atoms with Crippen molar-refractivity contribution in [1.29, 1.82) is 10.5 Å². The topological polar surface area (TPSA) is 121 Å². The van der Waals surface area contributed by atoms with Gasteiger partial charge in [0, 0.05) is 10.6 Å². The minimum Gasteiger partial charge on any atom is -0.487 e. The van der Waals surface area contributed by atoms with E-state index in [1.165, 1.54) is 10.8 Å². The second-order valence-corrected chi connectivity index (χ2v) is 7.26. The first-order chi connectivity index (χ1) is 15.0. The quantitative estimate of drug-likeness (QED) is 0.514. The van der Waals surface area contributed by atoms with Gasteiger partial charge in [-0.05, 0) is 23.8 Å². The summed E-state index contributed by atoms with van der Waals surface area (Å²) in [5.74, 6) is 0.404. The van der Waals surface area contributed by atoms with E-state index < -0.39 is 0 Å². The normalized spacial score (nSPS) is 11.1. The highest BCUT2D eigenvalue weighted by molar-refractivity contribution is 6.36. The molecule has 1 aromatic heterocycles. The minimum atomic E-state index is -0.219. The SMILES string of the molecule is N#CC(=Cc1cc(Cl)cc(Cl)c1OCc1ccccc1)c1nn(CCO)c(N)c1C#N. The standard InChI is InChI=1S/C22H17Cl2N5O2/c23-17-9-15(21(19(24)10-17)31-13-14-4-2-1-3-5-14)8-16(11-25)20-18(12-26)22(27)29(28-20)6-7-30/h1-5,8-10,30H,6-7,13,27H2. The van der Waals surface area contributed by atoms with Gasteiger partial charge in [-0.3, -0.25) is 0 Å². The first-order valence-electron chi connectivity index (χ1n) is 9.13. The van der Waals surface area contributed by atoms with Crippen LogP contribution in [0.15, 0.2) is 42.5 Å². The van der Waals surface area contributed by atoms with Gasteiger partial charge >= 0.3 is 0 Å². The third-order valence-corrected chi connectivity index (χ3v) is 4.85. The number of aliphatic hydroxyl groups is 1. The summed E-state index contributed by atoms with van der Waals surface area (Å²) in [5, 5.41) is 33.3. The molecule has 0 saturated carbocycles. The Bertz CT molecular complexity index is 1210. The summed E-state index contributed by atoms with van der Waals surface area (Å²) in [6.45, 7) is 0.128. The molecule has 0 aliphatic rings. The zero-order chi connectivity index (χ0) is 22.4. The molecule has 7 nitrogen and oxygen atoms in total. The lowest BCUT2D eigenvalue weighted by Gasteiger charge is -2.12. The fraction of sp³-hybridized carbons (Fsp3) is 0.136. The lowest BCUT2D eigenvalue weighted by molar-refractivity contribution is 0.270. The van der Waals surface area contributed by atoms with Crippen LogP contribution >= 0.6 is 23.2 Å². The average Bonchev–Trinajstić information content (AvgIpc) is 3.07. The zero-order valence-electron chi connectivity index (χ0n) is 16.2. The van der Waals surface area contributed by atoms with E-state index in [0.717, 1.165) is 5.56 Å². The molecule has 0 saturated heterocycles. The number of nitrogens with zero attached hydrogens (tertiary/aromatic N) is 4. The number of anilines is 1. The van der Waals surface area contributed by atoms with Crippen LogP contribution in [0.5, 0.6) is 5.75 Å². The van der Waals surface area contributed by atoms with Crippen molar-refractivity contribution in [1.82, 2.24) is 9.78 Å². The van der Waals surface area contributed by atoms with Crippen LogP contribution in [0, 0.1) is 22.7 Å².